The molecule has 3 amide bonds. The van der Waals surface area contributed by atoms with Crippen molar-refractivity contribution in [3.05, 3.63) is 35.9 Å². The number of amides is 3. The quantitative estimate of drug-likeness (QED) is 0.0729. The molecule has 13 nitrogen and oxygen atoms in total. The normalized spacial score (nSPS) is 14.1. The van der Waals surface area contributed by atoms with Gasteiger partial charge in [-0.15, -0.1) is 0 Å². The number of carbonyl (C=O) groups is 4. The van der Waals surface area contributed by atoms with Crippen LogP contribution >= 0.6 is 0 Å². The fourth-order valence-corrected chi connectivity index (χ4v) is 3.25. The van der Waals surface area contributed by atoms with Crippen molar-refractivity contribution < 1.29 is 29.4 Å². The fraction of sp³-hybridized carbons (Fsp3) is 0.522. The Bertz CT molecular complexity index is 905. The predicted molar refractivity (Wildman–Crippen MR) is 133 cm³/mol. The van der Waals surface area contributed by atoms with Crippen LogP contribution in [0.25, 0.3) is 0 Å². The van der Waals surface area contributed by atoms with Crippen LogP contribution in [0.5, 0.6) is 0 Å². The van der Waals surface area contributed by atoms with Gasteiger partial charge in [0.25, 0.3) is 0 Å². The summed E-state index contributed by atoms with van der Waals surface area (Å²) in [4.78, 5) is 53.4. The van der Waals surface area contributed by atoms with Crippen LogP contribution in [-0.2, 0) is 25.6 Å². The summed E-state index contributed by atoms with van der Waals surface area (Å²) in [5.41, 5.74) is 17.5. The van der Waals surface area contributed by atoms with Crippen molar-refractivity contribution in [2.45, 2.75) is 57.3 Å². The standard InChI is InChI=1S/C23H37N7O6/c1-13(2)18(22(35)36)30-21(34)17(12-31)29-20(33)16(9-6-10-27-23(25)26)28-19(32)15(24)11-14-7-4-3-5-8-14/h3-5,7-8,13,15-18,31H,6,9-12,24H2,1-2H3,(H,28,32)(H,29,33)(H,30,34)(H,35,36)(H4,25,26,27). The molecule has 0 fully saturated rings. The molecular formula is C23H37N7O6. The summed E-state index contributed by atoms with van der Waals surface area (Å²) in [6.45, 7) is 2.61. The fourth-order valence-electron chi connectivity index (χ4n) is 3.25. The van der Waals surface area contributed by atoms with E-state index in [0.29, 0.717) is 6.42 Å². The number of aliphatic hydroxyl groups excluding tert-OH is 1. The molecule has 200 valence electrons. The van der Waals surface area contributed by atoms with E-state index in [2.05, 4.69) is 20.9 Å². The Hall–Kier alpha value is -3.71. The van der Waals surface area contributed by atoms with Gasteiger partial charge in [0.1, 0.15) is 18.1 Å². The Morgan fingerprint density at radius 3 is 2.06 bits per heavy atom. The van der Waals surface area contributed by atoms with Crippen LogP contribution in [0.4, 0.5) is 0 Å². The minimum atomic E-state index is -1.44. The summed E-state index contributed by atoms with van der Waals surface area (Å²) in [6.07, 6.45) is 0.660. The number of benzene rings is 1. The van der Waals surface area contributed by atoms with Gasteiger partial charge in [-0.25, -0.2) is 4.79 Å². The zero-order valence-corrected chi connectivity index (χ0v) is 20.5. The van der Waals surface area contributed by atoms with Crippen LogP contribution in [0, 0.1) is 5.92 Å². The maximum absolute atomic E-state index is 13.0. The van der Waals surface area contributed by atoms with E-state index in [1.54, 1.807) is 13.8 Å². The van der Waals surface area contributed by atoms with Gasteiger partial charge in [-0.1, -0.05) is 44.2 Å². The van der Waals surface area contributed by atoms with Gasteiger partial charge < -0.3 is 43.4 Å². The summed E-state index contributed by atoms with van der Waals surface area (Å²) in [5, 5.41) is 26.2. The molecule has 4 unspecified atom stereocenters. The molecule has 0 bridgehead atoms. The smallest absolute Gasteiger partial charge is 0.326 e. The topological polar surface area (TPSA) is 235 Å². The molecule has 0 saturated carbocycles. The molecule has 36 heavy (non-hydrogen) atoms. The molecule has 0 heterocycles. The SMILES string of the molecule is CC(C)C(NC(=O)C(CO)NC(=O)C(CCCN=C(N)N)NC(=O)C(N)Cc1ccccc1)C(=O)O. The lowest BCUT2D eigenvalue weighted by Crippen LogP contribution is -2.58. The van der Waals surface area contributed by atoms with E-state index in [1.807, 2.05) is 30.3 Å². The number of hydrogen-bond acceptors (Lipinski definition) is 7. The first-order valence-corrected chi connectivity index (χ1v) is 11.6. The first kappa shape index (κ1) is 30.3. The Morgan fingerprint density at radius 1 is 0.944 bits per heavy atom. The van der Waals surface area contributed by atoms with Crippen molar-refractivity contribution in [1.82, 2.24) is 16.0 Å². The average molecular weight is 508 g/mol. The van der Waals surface area contributed by atoms with Gasteiger partial charge in [-0.05, 0) is 30.7 Å². The second-order valence-corrected chi connectivity index (χ2v) is 8.62. The monoisotopic (exact) mass is 507 g/mol. The molecule has 13 heteroatoms. The van der Waals surface area contributed by atoms with E-state index in [-0.39, 0.29) is 25.3 Å². The molecule has 1 rings (SSSR count). The van der Waals surface area contributed by atoms with Crippen LogP contribution in [-0.4, -0.2) is 77.2 Å². The summed E-state index contributed by atoms with van der Waals surface area (Å²) in [6, 6.07) is 4.39. The molecule has 1 aromatic rings. The maximum Gasteiger partial charge on any atom is 0.326 e. The van der Waals surface area contributed by atoms with Crippen molar-refractivity contribution in [1.29, 1.82) is 0 Å². The highest BCUT2D eigenvalue weighted by atomic mass is 16.4. The number of aliphatic hydroxyl groups is 1. The highest BCUT2D eigenvalue weighted by Gasteiger charge is 2.31. The lowest BCUT2D eigenvalue weighted by Gasteiger charge is -2.25. The number of aliphatic imine (C=N–C) groups is 1. The second kappa shape index (κ2) is 15.3. The van der Waals surface area contributed by atoms with Crippen molar-refractivity contribution in [2.75, 3.05) is 13.2 Å². The number of rotatable bonds is 15. The molecule has 0 aliphatic carbocycles. The summed E-state index contributed by atoms with van der Waals surface area (Å²) in [7, 11) is 0. The minimum absolute atomic E-state index is 0.107. The first-order valence-electron chi connectivity index (χ1n) is 11.6. The van der Waals surface area contributed by atoms with Crippen molar-refractivity contribution in [3.63, 3.8) is 0 Å². The van der Waals surface area contributed by atoms with E-state index in [0.717, 1.165) is 5.56 Å². The van der Waals surface area contributed by atoms with Crippen LogP contribution < -0.4 is 33.2 Å². The van der Waals surface area contributed by atoms with Crippen LogP contribution in [0.3, 0.4) is 0 Å². The van der Waals surface area contributed by atoms with Crippen molar-refractivity contribution >= 4 is 29.7 Å². The third kappa shape index (κ3) is 10.7. The summed E-state index contributed by atoms with van der Waals surface area (Å²) < 4.78 is 0. The van der Waals surface area contributed by atoms with Gasteiger partial charge in [-0.3, -0.25) is 19.4 Å². The number of carboxylic acids is 1. The van der Waals surface area contributed by atoms with Crippen LogP contribution in [0.2, 0.25) is 0 Å². The molecular weight excluding hydrogens is 470 g/mol. The third-order valence-corrected chi connectivity index (χ3v) is 5.26. The Balaban J connectivity index is 2.91. The van der Waals surface area contributed by atoms with E-state index in [9.17, 15) is 29.4 Å². The molecule has 0 spiro atoms. The van der Waals surface area contributed by atoms with Gasteiger partial charge in [0.05, 0.1) is 12.6 Å². The number of carboxylic acid groups (broad SMARTS) is 1. The molecule has 0 aliphatic rings. The average Bonchev–Trinajstić information content (AvgIpc) is 2.82. The number of nitrogens with zero attached hydrogens (tertiary/aromatic N) is 1. The molecule has 0 aromatic heterocycles. The predicted octanol–water partition coefficient (Wildman–Crippen LogP) is -2.20. The minimum Gasteiger partial charge on any atom is -0.480 e. The van der Waals surface area contributed by atoms with Crippen molar-refractivity contribution in [2.24, 2.45) is 28.1 Å². The highest BCUT2D eigenvalue weighted by Crippen LogP contribution is 2.06. The van der Waals surface area contributed by atoms with Crippen LogP contribution in [0.15, 0.2) is 35.3 Å². The number of aliphatic carboxylic acids is 1. The van der Waals surface area contributed by atoms with E-state index in [4.69, 9.17) is 17.2 Å². The highest BCUT2D eigenvalue weighted by molar-refractivity contribution is 5.94. The second-order valence-electron chi connectivity index (χ2n) is 8.62. The van der Waals surface area contributed by atoms with E-state index >= 15 is 0 Å². The number of nitrogens with two attached hydrogens (primary N) is 3. The number of hydrogen-bond donors (Lipinski definition) is 8. The van der Waals surface area contributed by atoms with E-state index in [1.165, 1.54) is 0 Å². The van der Waals surface area contributed by atoms with Gasteiger partial charge >= 0.3 is 5.97 Å². The Kier molecular flexibility index (Phi) is 12.9. The summed E-state index contributed by atoms with van der Waals surface area (Å²) in [5.74, 6) is -4.03. The molecule has 11 N–H and O–H groups in total. The van der Waals surface area contributed by atoms with Gasteiger partial charge in [0.2, 0.25) is 17.7 Å². The largest absolute Gasteiger partial charge is 0.480 e. The zero-order valence-electron chi connectivity index (χ0n) is 20.5. The molecule has 0 aliphatic heterocycles. The summed E-state index contributed by atoms with van der Waals surface area (Å²) >= 11 is 0. The Morgan fingerprint density at radius 2 is 1.53 bits per heavy atom. The number of carbonyl (C=O) groups excluding carboxylic acids is 3. The van der Waals surface area contributed by atoms with Crippen molar-refractivity contribution in [3.8, 4) is 0 Å². The van der Waals surface area contributed by atoms with Crippen LogP contribution in [0.1, 0.15) is 32.3 Å². The molecule has 0 radical (unpaired) electrons. The zero-order chi connectivity index (χ0) is 27.3. The maximum atomic E-state index is 13.0. The van der Waals surface area contributed by atoms with E-state index < -0.39 is 60.4 Å². The molecule has 1 aromatic carbocycles. The number of nitrogens with one attached hydrogen (secondary N) is 3. The Labute approximate surface area is 209 Å². The van der Waals surface area contributed by atoms with Gasteiger partial charge in [0, 0.05) is 6.54 Å². The van der Waals surface area contributed by atoms with Gasteiger partial charge in [0.15, 0.2) is 5.96 Å². The molecule has 4 atom stereocenters. The van der Waals surface area contributed by atoms with Gasteiger partial charge in [-0.2, -0.15) is 0 Å². The number of guanidine groups is 1. The third-order valence-electron chi connectivity index (χ3n) is 5.26. The lowest BCUT2D eigenvalue weighted by molar-refractivity contribution is -0.143. The first-order chi connectivity index (χ1) is 17.0. The lowest BCUT2D eigenvalue weighted by atomic mass is 10.0. The molecule has 0 saturated heterocycles.